The van der Waals surface area contributed by atoms with Crippen LogP contribution in [0.1, 0.15) is 42.6 Å². The van der Waals surface area contributed by atoms with Gasteiger partial charge in [0.25, 0.3) is 0 Å². The fraction of sp³-hybridized carbons (Fsp3) is 0.450. The zero-order valence-corrected chi connectivity index (χ0v) is 15.6. The number of hydrogen-bond acceptors (Lipinski definition) is 4. The first-order valence-electron chi connectivity index (χ1n) is 9.11. The van der Waals surface area contributed by atoms with Gasteiger partial charge in [-0.05, 0) is 64.2 Å². The van der Waals surface area contributed by atoms with E-state index in [1.54, 1.807) is 0 Å². The van der Waals surface area contributed by atoms with Crippen LogP contribution in [-0.2, 0) is 0 Å². The summed E-state index contributed by atoms with van der Waals surface area (Å²) in [6.07, 6.45) is 3.64. The van der Waals surface area contributed by atoms with Crippen LogP contribution in [0.5, 0.6) is 6.01 Å². The molecule has 26 heavy (non-hydrogen) atoms. The summed E-state index contributed by atoms with van der Waals surface area (Å²) in [6.45, 7) is 5.86. The molecule has 2 amide bonds. The molecule has 0 radical (unpaired) electrons. The first kappa shape index (κ1) is 18.2. The Morgan fingerprint density at radius 2 is 1.69 bits per heavy atom. The Balaban J connectivity index is 1.46. The third-order valence-corrected chi connectivity index (χ3v) is 4.64. The van der Waals surface area contributed by atoms with Crippen molar-refractivity contribution in [1.82, 2.24) is 15.3 Å². The van der Waals surface area contributed by atoms with Crippen LogP contribution >= 0.6 is 0 Å². The Morgan fingerprint density at radius 3 is 2.35 bits per heavy atom. The van der Waals surface area contributed by atoms with Crippen LogP contribution < -0.4 is 15.4 Å². The average Bonchev–Trinajstić information content (AvgIpc) is 2.58. The molecule has 1 fully saturated rings. The average molecular weight is 354 g/mol. The monoisotopic (exact) mass is 354 g/mol. The van der Waals surface area contributed by atoms with Gasteiger partial charge in [0.05, 0.1) is 0 Å². The number of aromatic nitrogens is 2. The Kier molecular flexibility index (Phi) is 5.71. The van der Waals surface area contributed by atoms with Crippen LogP contribution in [0.4, 0.5) is 10.5 Å². The summed E-state index contributed by atoms with van der Waals surface area (Å²) in [5.41, 5.74) is 3.72. The van der Waals surface area contributed by atoms with E-state index in [9.17, 15) is 4.79 Å². The van der Waals surface area contributed by atoms with Crippen molar-refractivity contribution in [2.75, 3.05) is 5.32 Å². The van der Waals surface area contributed by atoms with E-state index in [-0.39, 0.29) is 18.2 Å². The number of ether oxygens (including phenoxy) is 1. The van der Waals surface area contributed by atoms with E-state index in [1.165, 1.54) is 0 Å². The van der Waals surface area contributed by atoms with Gasteiger partial charge >= 0.3 is 12.0 Å². The Hall–Kier alpha value is -2.63. The molecule has 1 aromatic heterocycles. The highest BCUT2D eigenvalue weighted by atomic mass is 16.5. The molecule has 0 aliphatic heterocycles. The van der Waals surface area contributed by atoms with E-state index in [0.717, 1.165) is 48.3 Å². The number of nitrogens with one attached hydrogen (secondary N) is 2. The number of aryl methyl sites for hydroxylation is 3. The molecular weight excluding hydrogens is 328 g/mol. The lowest BCUT2D eigenvalue weighted by Gasteiger charge is -2.29. The molecule has 1 heterocycles. The summed E-state index contributed by atoms with van der Waals surface area (Å²) >= 11 is 0. The zero-order valence-electron chi connectivity index (χ0n) is 15.6. The van der Waals surface area contributed by atoms with Gasteiger partial charge in [0.1, 0.15) is 6.10 Å². The van der Waals surface area contributed by atoms with Gasteiger partial charge in [-0.3, -0.25) is 0 Å². The molecule has 1 aliphatic rings. The first-order chi connectivity index (χ1) is 12.5. The van der Waals surface area contributed by atoms with Gasteiger partial charge < -0.3 is 15.4 Å². The summed E-state index contributed by atoms with van der Waals surface area (Å²) in [7, 11) is 0. The van der Waals surface area contributed by atoms with Crippen molar-refractivity contribution in [2.24, 2.45) is 0 Å². The Bertz CT molecular complexity index is 750. The highest BCUT2D eigenvalue weighted by molar-refractivity contribution is 5.90. The second-order valence-electron chi connectivity index (χ2n) is 6.94. The number of benzene rings is 1. The first-order valence-corrected chi connectivity index (χ1v) is 9.11. The van der Waals surface area contributed by atoms with Gasteiger partial charge in [0, 0.05) is 23.1 Å². The number of para-hydroxylation sites is 1. The number of nitrogens with zero attached hydrogens (tertiary/aromatic N) is 2. The third-order valence-electron chi connectivity index (χ3n) is 4.64. The minimum atomic E-state index is -0.152. The maximum Gasteiger partial charge on any atom is 0.319 e. The zero-order chi connectivity index (χ0) is 18.5. The molecule has 2 N–H and O–H groups in total. The van der Waals surface area contributed by atoms with Crippen molar-refractivity contribution < 1.29 is 9.53 Å². The summed E-state index contributed by atoms with van der Waals surface area (Å²) in [6, 6.07) is 10.2. The normalized spacial score (nSPS) is 19.7. The lowest BCUT2D eigenvalue weighted by molar-refractivity contribution is 0.129. The topological polar surface area (TPSA) is 76.1 Å². The lowest BCUT2D eigenvalue weighted by atomic mass is 9.93. The van der Waals surface area contributed by atoms with Gasteiger partial charge in [0.2, 0.25) is 0 Å². The molecule has 1 aromatic carbocycles. The predicted molar refractivity (Wildman–Crippen MR) is 102 cm³/mol. The molecule has 0 bridgehead atoms. The van der Waals surface area contributed by atoms with E-state index in [0.29, 0.717) is 6.01 Å². The minimum absolute atomic E-state index is 0.105. The molecular formula is C20H26N4O2. The molecule has 2 aromatic rings. The Labute approximate surface area is 154 Å². The van der Waals surface area contributed by atoms with Gasteiger partial charge in [-0.25, -0.2) is 14.8 Å². The summed E-state index contributed by atoms with van der Waals surface area (Å²) < 4.78 is 5.93. The van der Waals surface area contributed by atoms with Crippen LogP contribution in [0.3, 0.4) is 0 Å². The highest BCUT2D eigenvalue weighted by Crippen LogP contribution is 2.23. The van der Waals surface area contributed by atoms with Crippen LogP contribution in [0.25, 0.3) is 0 Å². The second kappa shape index (κ2) is 8.17. The number of urea groups is 1. The van der Waals surface area contributed by atoms with Crippen LogP contribution in [0, 0.1) is 20.8 Å². The van der Waals surface area contributed by atoms with Crippen molar-refractivity contribution in [2.45, 2.75) is 58.6 Å². The number of carbonyl (C=O) groups excluding carboxylic acids is 1. The van der Waals surface area contributed by atoms with E-state index in [2.05, 4.69) is 20.6 Å². The van der Waals surface area contributed by atoms with Crippen LogP contribution in [0.15, 0.2) is 30.3 Å². The van der Waals surface area contributed by atoms with Crippen molar-refractivity contribution in [1.29, 1.82) is 0 Å². The van der Waals surface area contributed by atoms with Crippen molar-refractivity contribution in [3.8, 4) is 6.01 Å². The number of rotatable bonds is 4. The van der Waals surface area contributed by atoms with E-state index in [1.807, 2.05) is 51.1 Å². The number of carbonyl (C=O) groups is 1. The van der Waals surface area contributed by atoms with Gasteiger partial charge in [0.15, 0.2) is 0 Å². The molecule has 0 saturated heterocycles. The van der Waals surface area contributed by atoms with Crippen molar-refractivity contribution in [3.63, 3.8) is 0 Å². The highest BCUT2D eigenvalue weighted by Gasteiger charge is 2.24. The van der Waals surface area contributed by atoms with Crippen molar-refractivity contribution >= 4 is 11.7 Å². The maximum absolute atomic E-state index is 12.2. The molecule has 1 saturated carbocycles. The number of hydrogen-bond donors (Lipinski definition) is 2. The van der Waals surface area contributed by atoms with Crippen molar-refractivity contribution in [3.05, 3.63) is 47.3 Å². The van der Waals surface area contributed by atoms with Crippen LogP contribution in [-0.4, -0.2) is 28.1 Å². The molecule has 6 nitrogen and oxygen atoms in total. The molecule has 3 rings (SSSR count). The third kappa shape index (κ3) is 4.94. The quantitative estimate of drug-likeness (QED) is 0.873. The second-order valence-corrected chi connectivity index (χ2v) is 6.94. The molecule has 1 aliphatic carbocycles. The molecule has 0 unspecified atom stereocenters. The largest absolute Gasteiger partial charge is 0.460 e. The summed E-state index contributed by atoms with van der Waals surface area (Å²) in [5.74, 6) is 0. The molecule has 6 heteroatoms. The fourth-order valence-electron chi connectivity index (χ4n) is 3.28. The minimum Gasteiger partial charge on any atom is -0.460 e. The standard InChI is InChI=1S/C20H26N4O2/c1-13-6-4-5-7-18(13)24-19(25)23-16-8-10-17(11-9-16)26-20-21-14(2)12-15(3)22-20/h4-7,12,16-17H,8-11H2,1-3H3,(H2,23,24,25). The summed E-state index contributed by atoms with van der Waals surface area (Å²) in [4.78, 5) is 20.9. The van der Waals surface area contributed by atoms with Gasteiger partial charge in [-0.1, -0.05) is 18.2 Å². The smallest absolute Gasteiger partial charge is 0.319 e. The molecule has 138 valence electrons. The van der Waals surface area contributed by atoms with Gasteiger partial charge in [-0.15, -0.1) is 0 Å². The van der Waals surface area contributed by atoms with Crippen LogP contribution in [0.2, 0.25) is 0 Å². The fourth-order valence-corrected chi connectivity index (χ4v) is 3.28. The SMILES string of the molecule is Cc1cc(C)nc(OC2CCC(NC(=O)Nc3ccccc3C)CC2)n1. The molecule has 0 atom stereocenters. The van der Waals surface area contributed by atoms with E-state index in [4.69, 9.17) is 4.74 Å². The summed E-state index contributed by atoms with van der Waals surface area (Å²) in [5, 5.41) is 5.98. The number of anilines is 1. The van der Waals surface area contributed by atoms with E-state index >= 15 is 0 Å². The lowest BCUT2D eigenvalue weighted by Crippen LogP contribution is -2.41. The van der Waals surface area contributed by atoms with E-state index < -0.39 is 0 Å². The number of amides is 2. The van der Waals surface area contributed by atoms with Gasteiger partial charge in [-0.2, -0.15) is 0 Å². The predicted octanol–water partition coefficient (Wildman–Crippen LogP) is 3.91. The Morgan fingerprint density at radius 1 is 1.04 bits per heavy atom. The maximum atomic E-state index is 12.2. The molecule has 0 spiro atoms.